The molecule has 15 heavy (non-hydrogen) atoms. The second kappa shape index (κ2) is 4.65. The fraction of sp³-hybridized carbons (Fsp3) is 0.500. The lowest BCUT2D eigenvalue weighted by Gasteiger charge is -2.32. The van der Waals surface area contributed by atoms with E-state index in [-0.39, 0.29) is 0 Å². The monoisotopic (exact) mass is 213 g/mol. The van der Waals surface area contributed by atoms with Crippen LogP contribution in [0.4, 0.5) is 4.39 Å². The highest BCUT2D eigenvalue weighted by Gasteiger charge is 2.31. The Labute approximate surface area is 88.6 Å². The van der Waals surface area contributed by atoms with Crippen molar-refractivity contribution in [3.05, 3.63) is 29.8 Å². The number of halogens is 1. The van der Waals surface area contributed by atoms with Crippen LogP contribution >= 0.6 is 0 Å². The summed E-state index contributed by atoms with van der Waals surface area (Å²) in [5.74, 6) is 5.02. The molecule has 1 aromatic rings. The summed E-state index contributed by atoms with van der Waals surface area (Å²) in [7, 11) is 1.56. The average molecular weight is 213 g/mol. The normalized spacial score (nSPS) is 13.9. The number of rotatable bonds is 4. The molecule has 3 N–H and O–H groups in total. The maximum Gasteiger partial charge on any atom is 0.146 e. The number of hydrogen-bond acceptors (Lipinski definition) is 4. The first-order valence-corrected chi connectivity index (χ1v) is 4.63. The predicted octanol–water partition coefficient (Wildman–Crippen LogP) is 1.15. The molecule has 1 rings (SSSR count). The molecule has 0 aromatic carbocycles. The minimum Gasteiger partial charge on any atom is -0.377 e. The van der Waals surface area contributed by atoms with E-state index in [1.807, 2.05) is 13.8 Å². The minimum absolute atomic E-state index is 0.398. The molecule has 0 saturated heterocycles. The van der Waals surface area contributed by atoms with Crippen LogP contribution in [0.5, 0.6) is 0 Å². The van der Waals surface area contributed by atoms with E-state index in [9.17, 15) is 4.39 Å². The van der Waals surface area contributed by atoms with Crippen molar-refractivity contribution in [2.24, 2.45) is 5.84 Å². The van der Waals surface area contributed by atoms with Crippen molar-refractivity contribution >= 4 is 0 Å². The molecule has 0 aliphatic carbocycles. The van der Waals surface area contributed by atoms with Crippen molar-refractivity contribution < 1.29 is 9.13 Å². The lowest BCUT2D eigenvalue weighted by Crippen LogP contribution is -2.44. The van der Waals surface area contributed by atoms with Crippen molar-refractivity contribution in [1.29, 1.82) is 0 Å². The fourth-order valence-corrected chi connectivity index (χ4v) is 1.40. The summed E-state index contributed by atoms with van der Waals surface area (Å²) in [6.45, 7) is 3.66. The minimum atomic E-state index is -0.600. The van der Waals surface area contributed by atoms with Gasteiger partial charge < -0.3 is 4.74 Å². The van der Waals surface area contributed by atoms with Crippen molar-refractivity contribution in [1.82, 2.24) is 10.4 Å². The Bertz CT molecular complexity index is 330. The van der Waals surface area contributed by atoms with Gasteiger partial charge in [-0.3, -0.25) is 10.8 Å². The van der Waals surface area contributed by atoms with Gasteiger partial charge in [0.1, 0.15) is 5.82 Å². The Kier molecular flexibility index (Phi) is 3.73. The number of nitrogens with zero attached hydrogens (tertiary/aromatic N) is 1. The molecule has 0 radical (unpaired) electrons. The van der Waals surface area contributed by atoms with Gasteiger partial charge in [0.15, 0.2) is 0 Å². The van der Waals surface area contributed by atoms with E-state index in [0.29, 0.717) is 5.56 Å². The van der Waals surface area contributed by atoms with Gasteiger partial charge in [0.25, 0.3) is 0 Å². The summed E-state index contributed by atoms with van der Waals surface area (Å²) < 4.78 is 18.8. The Morgan fingerprint density at radius 2 is 2.27 bits per heavy atom. The highest BCUT2D eigenvalue weighted by atomic mass is 19.1. The zero-order chi connectivity index (χ0) is 11.5. The lowest BCUT2D eigenvalue weighted by molar-refractivity contribution is -0.0121. The smallest absolute Gasteiger partial charge is 0.146 e. The van der Waals surface area contributed by atoms with Crippen LogP contribution in [0.25, 0.3) is 0 Å². The summed E-state index contributed by atoms with van der Waals surface area (Å²) in [6.07, 6.45) is 2.68. The van der Waals surface area contributed by atoms with Crippen molar-refractivity contribution in [3.63, 3.8) is 0 Å². The third-order valence-corrected chi connectivity index (χ3v) is 2.50. The summed E-state index contributed by atoms with van der Waals surface area (Å²) in [5, 5.41) is 0. The molecular weight excluding hydrogens is 197 g/mol. The summed E-state index contributed by atoms with van der Waals surface area (Å²) >= 11 is 0. The molecule has 5 heteroatoms. The number of hydrazine groups is 1. The molecule has 1 atom stereocenters. The van der Waals surface area contributed by atoms with Crippen molar-refractivity contribution in [2.75, 3.05) is 7.11 Å². The van der Waals surface area contributed by atoms with Gasteiger partial charge in [0.05, 0.1) is 17.8 Å². The van der Waals surface area contributed by atoms with Gasteiger partial charge in [-0.25, -0.2) is 9.82 Å². The van der Waals surface area contributed by atoms with Crippen molar-refractivity contribution in [2.45, 2.75) is 25.5 Å². The van der Waals surface area contributed by atoms with Crippen molar-refractivity contribution in [3.8, 4) is 0 Å². The number of methoxy groups -OCH3 is 1. The molecule has 0 amide bonds. The molecule has 1 unspecified atom stereocenters. The van der Waals surface area contributed by atoms with Gasteiger partial charge in [-0.2, -0.15) is 0 Å². The van der Waals surface area contributed by atoms with E-state index < -0.39 is 17.5 Å². The molecule has 1 aromatic heterocycles. The molecule has 0 fully saturated rings. The first-order valence-electron chi connectivity index (χ1n) is 4.63. The zero-order valence-electron chi connectivity index (χ0n) is 9.12. The van der Waals surface area contributed by atoms with Gasteiger partial charge in [0, 0.05) is 18.9 Å². The number of aromatic nitrogens is 1. The maximum atomic E-state index is 13.5. The van der Waals surface area contributed by atoms with Crippen LogP contribution in [0.3, 0.4) is 0 Å². The molecule has 84 valence electrons. The van der Waals surface area contributed by atoms with Gasteiger partial charge in [-0.1, -0.05) is 0 Å². The zero-order valence-corrected chi connectivity index (χ0v) is 9.12. The SMILES string of the molecule is COC(C)(C)C(NN)c1ccncc1F. The van der Waals surface area contributed by atoms with Crippen LogP contribution in [0.15, 0.2) is 18.5 Å². The number of nitrogens with two attached hydrogens (primary N) is 1. The number of ether oxygens (including phenoxy) is 1. The van der Waals surface area contributed by atoms with Gasteiger partial charge in [0.2, 0.25) is 0 Å². The highest BCUT2D eigenvalue weighted by Crippen LogP contribution is 2.28. The quantitative estimate of drug-likeness (QED) is 0.582. The van der Waals surface area contributed by atoms with Crippen LogP contribution in [0, 0.1) is 5.82 Å². The summed E-state index contributed by atoms with van der Waals surface area (Å²) in [6, 6.07) is 1.16. The van der Waals surface area contributed by atoms with Crippen LogP contribution in [0.1, 0.15) is 25.5 Å². The maximum absolute atomic E-state index is 13.5. The topological polar surface area (TPSA) is 60.2 Å². The molecule has 1 heterocycles. The Morgan fingerprint density at radius 3 is 2.73 bits per heavy atom. The molecule has 0 bridgehead atoms. The van der Waals surface area contributed by atoms with Gasteiger partial charge >= 0.3 is 0 Å². The highest BCUT2D eigenvalue weighted by molar-refractivity contribution is 5.20. The van der Waals surface area contributed by atoms with E-state index >= 15 is 0 Å². The average Bonchev–Trinajstić information content (AvgIpc) is 2.21. The molecular formula is C10H16FN3O. The Morgan fingerprint density at radius 1 is 1.60 bits per heavy atom. The van der Waals surface area contributed by atoms with E-state index in [0.717, 1.165) is 6.20 Å². The predicted molar refractivity (Wildman–Crippen MR) is 55.3 cm³/mol. The largest absolute Gasteiger partial charge is 0.377 e. The number of pyridine rings is 1. The van der Waals surface area contributed by atoms with E-state index in [4.69, 9.17) is 10.6 Å². The second-order valence-electron chi connectivity index (χ2n) is 3.80. The fourth-order valence-electron chi connectivity index (χ4n) is 1.40. The van der Waals surface area contributed by atoms with Crippen LogP contribution in [-0.2, 0) is 4.74 Å². The first kappa shape index (κ1) is 12.0. The number of hydrogen-bond donors (Lipinski definition) is 2. The third kappa shape index (κ3) is 2.50. The summed E-state index contributed by atoms with van der Waals surface area (Å²) in [5.41, 5.74) is 2.40. The van der Waals surface area contributed by atoms with Crippen LogP contribution in [-0.4, -0.2) is 17.7 Å². The molecule has 0 aliphatic rings. The lowest BCUT2D eigenvalue weighted by atomic mass is 9.92. The molecule has 0 spiro atoms. The standard InChI is InChI=1S/C10H16FN3O/c1-10(2,15-3)9(14-12)7-4-5-13-6-8(7)11/h4-6,9,14H,12H2,1-3H3. The molecule has 0 saturated carbocycles. The van der Waals surface area contributed by atoms with Gasteiger partial charge in [-0.15, -0.1) is 0 Å². The number of nitrogens with one attached hydrogen (secondary N) is 1. The van der Waals surface area contributed by atoms with E-state index in [1.54, 1.807) is 13.2 Å². The van der Waals surface area contributed by atoms with E-state index in [1.165, 1.54) is 6.20 Å². The first-order chi connectivity index (χ1) is 7.03. The van der Waals surface area contributed by atoms with Crippen LogP contribution in [0.2, 0.25) is 0 Å². The molecule has 0 aliphatic heterocycles. The summed E-state index contributed by atoms with van der Waals surface area (Å²) in [4.78, 5) is 3.69. The van der Waals surface area contributed by atoms with Gasteiger partial charge in [-0.05, 0) is 19.9 Å². The van der Waals surface area contributed by atoms with E-state index in [2.05, 4.69) is 10.4 Å². The molecule has 4 nitrogen and oxygen atoms in total. The Hall–Kier alpha value is -1.04. The Balaban J connectivity index is 3.08. The third-order valence-electron chi connectivity index (χ3n) is 2.50. The second-order valence-corrected chi connectivity index (χ2v) is 3.80. The van der Waals surface area contributed by atoms with Crippen LogP contribution < -0.4 is 11.3 Å².